The van der Waals surface area contributed by atoms with Crippen LogP contribution in [0.25, 0.3) is 0 Å². The molecule has 0 saturated carbocycles. The largest absolute Gasteiger partial charge is 0.493 e. The van der Waals surface area contributed by atoms with Gasteiger partial charge in [-0.05, 0) is 43.0 Å². The SMILES string of the molecule is CCNc1nc(CC)cc(N2CCc3cc(OC)c(OC)cc3C2)n1. The van der Waals surface area contributed by atoms with E-state index in [9.17, 15) is 0 Å². The van der Waals surface area contributed by atoms with Crippen LogP contribution in [0.3, 0.4) is 0 Å². The molecule has 1 aromatic heterocycles. The first-order valence-electron chi connectivity index (χ1n) is 8.79. The van der Waals surface area contributed by atoms with Crippen molar-refractivity contribution in [2.24, 2.45) is 0 Å². The van der Waals surface area contributed by atoms with Crippen molar-refractivity contribution in [3.63, 3.8) is 0 Å². The van der Waals surface area contributed by atoms with Crippen molar-refractivity contribution in [3.05, 3.63) is 35.0 Å². The summed E-state index contributed by atoms with van der Waals surface area (Å²) in [4.78, 5) is 11.5. The van der Waals surface area contributed by atoms with E-state index in [0.29, 0.717) is 5.95 Å². The van der Waals surface area contributed by atoms with E-state index in [4.69, 9.17) is 14.5 Å². The van der Waals surface area contributed by atoms with Crippen molar-refractivity contribution >= 4 is 11.8 Å². The van der Waals surface area contributed by atoms with E-state index < -0.39 is 0 Å². The summed E-state index contributed by atoms with van der Waals surface area (Å²) in [6.07, 6.45) is 1.85. The maximum Gasteiger partial charge on any atom is 0.224 e. The third kappa shape index (κ3) is 3.62. The standard InChI is InChI=1S/C19H26N4O2/c1-5-15-11-18(22-19(21-15)20-6-2)23-8-7-13-9-16(24-3)17(25-4)10-14(13)12-23/h9-11H,5-8,12H2,1-4H3,(H,20,21,22). The molecule has 134 valence electrons. The first-order valence-corrected chi connectivity index (χ1v) is 8.79. The van der Waals surface area contributed by atoms with E-state index in [2.05, 4.69) is 47.2 Å². The number of aromatic nitrogens is 2. The number of rotatable bonds is 6. The van der Waals surface area contributed by atoms with Gasteiger partial charge in [0, 0.05) is 31.4 Å². The Kier molecular flexibility index (Phi) is 5.26. The van der Waals surface area contributed by atoms with Crippen LogP contribution in [0.4, 0.5) is 11.8 Å². The van der Waals surface area contributed by atoms with E-state index in [-0.39, 0.29) is 0 Å². The molecule has 0 unspecified atom stereocenters. The molecule has 0 bridgehead atoms. The number of nitrogens with one attached hydrogen (secondary N) is 1. The molecule has 0 spiro atoms. The highest BCUT2D eigenvalue weighted by molar-refractivity contribution is 5.53. The van der Waals surface area contributed by atoms with Crippen LogP contribution in [0.15, 0.2) is 18.2 Å². The van der Waals surface area contributed by atoms with Crippen LogP contribution in [-0.4, -0.2) is 37.3 Å². The minimum atomic E-state index is 0.704. The average molecular weight is 342 g/mol. The maximum atomic E-state index is 5.45. The lowest BCUT2D eigenvalue weighted by Crippen LogP contribution is -2.31. The van der Waals surface area contributed by atoms with Crippen LogP contribution in [0.1, 0.15) is 30.7 Å². The van der Waals surface area contributed by atoms with Crippen molar-refractivity contribution < 1.29 is 9.47 Å². The first kappa shape index (κ1) is 17.3. The number of hydrogen-bond acceptors (Lipinski definition) is 6. The fourth-order valence-electron chi connectivity index (χ4n) is 3.14. The predicted molar refractivity (Wildman–Crippen MR) is 99.9 cm³/mol. The Morgan fingerprint density at radius 3 is 2.40 bits per heavy atom. The maximum absolute atomic E-state index is 5.45. The molecule has 6 nitrogen and oxygen atoms in total. The highest BCUT2D eigenvalue weighted by Gasteiger charge is 2.21. The van der Waals surface area contributed by atoms with E-state index in [1.54, 1.807) is 14.2 Å². The summed E-state index contributed by atoms with van der Waals surface area (Å²) in [7, 11) is 3.35. The normalized spacial score (nSPS) is 13.4. The van der Waals surface area contributed by atoms with Gasteiger partial charge in [-0.3, -0.25) is 0 Å². The van der Waals surface area contributed by atoms with Crippen LogP contribution in [0.2, 0.25) is 0 Å². The molecule has 1 aliphatic heterocycles. The second kappa shape index (κ2) is 7.59. The molecule has 25 heavy (non-hydrogen) atoms. The molecule has 0 atom stereocenters. The fraction of sp³-hybridized carbons (Fsp3) is 0.474. The minimum absolute atomic E-state index is 0.704. The average Bonchev–Trinajstić information content (AvgIpc) is 2.66. The van der Waals surface area contributed by atoms with Gasteiger partial charge in [-0.2, -0.15) is 4.98 Å². The third-order valence-electron chi connectivity index (χ3n) is 4.50. The molecular weight excluding hydrogens is 316 g/mol. The van der Waals surface area contributed by atoms with Crippen LogP contribution in [-0.2, 0) is 19.4 Å². The molecule has 0 saturated heterocycles. The molecular formula is C19H26N4O2. The zero-order valence-electron chi connectivity index (χ0n) is 15.4. The zero-order valence-corrected chi connectivity index (χ0v) is 15.4. The van der Waals surface area contributed by atoms with Gasteiger partial charge in [0.15, 0.2) is 11.5 Å². The number of benzene rings is 1. The topological polar surface area (TPSA) is 59.5 Å². The summed E-state index contributed by atoms with van der Waals surface area (Å²) >= 11 is 0. The van der Waals surface area contributed by atoms with Gasteiger partial charge in [0.2, 0.25) is 5.95 Å². The number of anilines is 2. The lowest BCUT2D eigenvalue weighted by molar-refractivity contribution is 0.353. The Balaban J connectivity index is 1.91. The Bertz CT molecular complexity index is 748. The van der Waals surface area contributed by atoms with Gasteiger partial charge < -0.3 is 19.7 Å². The summed E-state index contributed by atoms with van der Waals surface area (Å²) < 4.78 is 10.9. The highest BCUT2D eigenvalue weighted by Crippen LogP contribution is 2.34. The van der Waals surface area contributed by atoms with Crippen LogP contribution in [0, 0.1) is 0 Å². The summed E-state index contributed by atoms with van der Waals surface area (Å²) in [5.74, 6) is 3.24. The van der Waals surface area contributed by atoms with Gasteiger partial charge in [0.25, 0.3) is 0 Å². The molecule has 1 aliphatic rings. The van der Waals surface area contributed by atoms with Gasteiger partial charge in [0.05, 0.1) is 14.2 Å². The van der Waals surface area contributed by atoms with Crippen molar-refractivity contribution in [1.82, 2.24) is 9.97 Å². The smallest absolute Gasteiger partial charge is 0.224 e. The number of fused-ring (bicyclic) bond motifs is 1. The molecule has 3 rings (SSSR count). The van der Waals surface area contributed by atoms with Gasteiger partial charge in [-0.25, -0.2) is 4.98 Å². The fourth-order valence-corrected chi connectivity index (χ4v) is 3.14. The molecule has 1 aromatic carbocycles. The number of ether oxygens (including phenoxy) is 2. The number of aryl methyl sites for hydroxylation is 1. The number of methoxy groups -OCH3 is 2. The molecule has 2 aromatic rings. The van der Waals surface area contributed by atoms with E-state index in [1.165, 1.54) is 11.1 Å². The Morgan fingerprint density at radius 1 is 1.04 bits per heavy atom. The molecule has 0 amide bonds. The summed E-state index contributed by atoms with van der Waals surface area (Å²) in [6.45, 7) is 6.71. The van der Waals surface area contributed by atoms with E-state index >= 15 is 0 Å². The van der Waals surface area contributed by atoms with Gasteiger partial charge in [0.1, 0.15) is 5.82 Å². The highest BCUT2D eigenvalue weighted by atomic mass is 16.5. The zero-order chi connectivity index (χ0) is 17.8. The monoisotopic (exact) mass is 342 g/mol. The van der Waals surface area contributed by atoms with Gasteiger partial charge >= 0.3 is 0 Å². The second-order valence-electron chi connectivity index (χ2n) is 6.07. The lowest BCUT2D eigenvalue weighted by atomic mass is 9.98. The second-order valence-corrected chi connectivity index (χ2v) is 6.07. The number of hydrogen-bond donors (Lipinski definition) is 1. The van der Waals surface area contributed by atoms with Crippen molar-refractivity contribution in [2.45, 2.75) is 33.2 Å². The van der Waals surface area contributed by atoms with Crippen LogP contribution in [0.5, 0.6) is 11.5 Å². The van der Waals surface area contributed by atoms with Crippen LogP contribution >= 0.6 is 0 Å². The van der Waals surface area contributed by atoms with Crippen LogP contribution < -0.4 is 19.7 Å². The predicted octanol–water partition coefficient (Wildman–Crippen LogP) is 3.05. The third-order valence-corrected chi connectivity index (χ3v) is 4.50. The Hall–Kier alpha value is -2.50. The van der Waals surface area contributed by atoms with E-state index in [1.807, 2.05) is 0 Å². The van der Waals surface area contributed by atoms with Crippen molar-refractivity contribution in [1.29, 1.82) is 0 Å². The summed E-state index contributed by atoms with van der Waals surface area (Å²) in [5.41, 5.74) is 3.62. The molecule has 0 radical (unpaired) electrons. The molecule has 0 fully saturated rings. The van der Waals surface area contributed by atoms with Gasteiger partial charge in [-0.1, -0.05) is 6.92 Å². The summed E-state index contributed by atoms with van der Waals surface area (Å²) in [5, 5.41) is 3.23. The Morgan fingerprint density at radius 2 is 1.76 bits per heavy atom. The van der Waals surface area contributed by atoms with E-state index in [0.717, 1.165) is 55.5 Å². The lowest BCUT2D eigenvalue weighted by Gasteiger charge is -2.31. The number of nitrogens with zero attached hydrogens (tertiary/aromatic N) is 3. The van der Waals surface area contributed by atoms with Gasteiger partial charge in [-0.15, -0.1) is 0 Å². The minimum Gasteiger partial charge on any atom is -0.493 e. The van der Waals surface area contributed by atoms with Crippen molar-refractivity contribution in [2.75, 3.05) is 37.5 Å². The molecule has 2 heterocycles. The Labute approximate surface area is 149 Å². The molecule has 1 N–H and O–H groups in total. The quantitative estimate of drug-likeness (QED) is 0.871. The molecule has 6 heteroatoms. The van der Waals surface area contributed by atoms with Crippen molar-refractivity contribution in [3.8, 4) is 11.5 Å². The molecule has 0 aliphatic carbocycles. The first-order chi connectivity index (χ1) is 12.2. The summed E-state index contributed by atoms with van der Waals surface area (Å²) in [6, 6.07) is 6.26.